The summed E-state index contributed by atoms with van der Waals surface area (Å²) < 4.78 is 6.68. The Morgan fingerprint density at radius 3 is 2.88 bits per heavy atom. The van der Waals surface area contributed by atoms with Crippen molar-refractivity contribution >= 4 is 34.2 Å². The van der Waals surface area contributed by atoms with E-state index in [1.807, 2.05) is 18.2 Å². The van der Waals surface area contributed by atoms with Crippen LogP contribution in [0.5, 0.6) is 0 Å². The number of nitrogens with zero attached hydrogens (tertiary/aromatic N) is 7. The minimum atomic E-state index is -0.541. The Morgan fingerprint density at radius 2 is 2.12 bits per heavy atom. The number of rotatable bonds is 5. The Morgan fingerprint density at radius 1 is 1.24 bits per heavy atom. The van der Waals surface area contributed by atoms with Crippen LogP contribution in [0.4, 0.5) is 5.82 Å². The van der Waals surface area contributed by atoms with Gasteiger partial charge in [0.2, 0.25) is 12.3 Å². The van der Waals surface area contributed by atoms with Crippen molar-refractivity contribution in [2.24, 2.45) is 7.05 Å². The number of halogens is 1. The second-order valence-corrected chi connectivity index (χ2v) is 7.48. The van der Waals surface area contributed by atoms with E-state index in [1.165, 1.54) is 6.39 Å². The monoisotopic (exact) mass is 461 g/mol. The summed E-state index contributed by atoms with van der Waals surface area (Å²) in [5, 5.41) is 15.6. The Hall–Kier alpha value is -4.38. The summed E-state index contributed by atoms with van der Waals surface area (Å²) in [5.74, 6) is -0.342. The van der Waals surface area contributed by atoms with E-state index in [4.69, 9.17) is 21.8 Å². The van der Waals surface area contributed by atoms with E-state index in [9.17, 15) is 4.79 Å². The zero-order chi connectivity index (χ0) is 22.9. The van der Waals surface area contributed by atoms with Crippen molar-refractivity contribution in [1.29, 1.82) is 0 Å². The fourth-order valence-electron chi connectivity index (χ4n) is 3.33. The van der Waals surface area contributed by atoms with E-state index >= 15 is 0 Å². The number of aryl methyl sites for hydroxylation is 1. The first-order chi connectivity index (χ1) is 16.0. The largest absolute Gasteiger partial charge is 0.426 e. The smallest absolute Gasteiger partial charge is 0.274 e. The molecule has 0 aliphatic rings. The number of carbonyl (C=O) groups is 1. The molecule has 5 aromatic rings. The Balaban J connectivity index is 1.64. The van der Waals surface area contributed by atoms with Crippen molar-refractivity contribution in [3.05, 3.63) is 65.7 Å². The molecule has 0 aliphatic carbocycles. The first-order valence-electron chi connectivity index (χ1n) is 9.75. The number of nitrogen functional groups attached to an aromatic ring is 1. The van der Waals surface area contributed by atoms with Crippen LogP contribution in [0.2, 0.25) is 5.02 Å². The predicted octanol–water partition coefficient (Wildman–Crippen LogP) is 2.64. The van der Waals surface area contributed by atoms with Crippen LogP contribution >= 0.6 is 11.6 Å². The summed E-state index contributed by atoms with van der Waals surface area (Å²) in [7, 11) is 1.79. The highest BCUT2D eigenvalue weighted by Gasteiger charge is 2.22. The van der Waals surface area contributed by atoms with Crippen molar-refractivity contribution < 1.29 is 9.21 Å². The second-order valence-electron chi connectivity index (χ2n) is 7.08. The topological polar surface area (TPSA) is 151 Å². The molecule has 0 radical (unpaired) electrons. The van der Waals surface area contributed by atoms with Crippen LogP contribution < -0.4 is 11.1 Å². The first kappa shape index (κ1) is 20.5. The fraction of sp³-hybridized carbons (Fsp3) is 0.0952. The molecule has 0 saturated carbocycles. The van der Waals surface area contributed by atoms with Crippen molar-refractivity contribution in [3.63, 3.8) is 0 Å². The van der Waals surface area contributed by atoms with Gasteiger partial charge in [0.1, 0.15) is 11.4 Å². The molecule has 0 aliphatic heterocycles. The van der Waals surface area contributed by atoms with E-state index < -0.39 is 5.91 Å². The van der Waals surface area contributed by atoms with Gasteiger partial charge in [-0.3, -0.25) is 14.5 Å². The number of nitrogens with one attached hydrogen (secondary N) is 1. The maximum absolute atomic E-state index is 12.8. The average molecular weight is 462 g/mol. The van der Waals surface area contributed by atoms with Gasteiger partial charge in [-0.25, -0.2) is 9.97 Å². The summed E-state index contributed by atoms with van der Waals surface area (Å²) in [6.07, 6.45) is 4.62. The molecule has 33 heavy (non-hydrogen) atoms. The highest BCUT2D eigenvalue weighted by molar-refractivity contribution is 6.35. The summed E-state index contributed by atoms with van der Waals surface area (Å²) in [4.78, 5) is 26.2. The average Bonchev–Trinajstić information content (AvgIpc) is 3.49. The fourth-order valence-corrected chi connectivity index (χ4v) is 3.61. The minimum Gasteiger partial charge on any atom is -0.426 e. The zero-order valence-electron chi connectivity index (χ0n) is 17.2. The van der Waals surface area contributed by atoms with E-state index in [2.05, 4.69) is 35.6 Å². The van der Waals surface area contributed by atoms with E-state index in [0.717, 1.165) is 5.39 Å². The molecule has 164 valence electrons. The van der Waals surface area contributed by atoms with Crippen LogP contribution in [0.3, 0.4) is 0 Å². The van der Waals surface area contributed by atoms with Crippen molar-refractivity contribution in [2.45, 2.75) is 6.54 Å². The molecule has 0 unspecified atom stereocenters. The summed E-state index contributed by atoms with van der Waals surface area (Å²) in [6, 6.07) is 9.09. The number of benzene rings is 1. The molecular weight excluding hydrogens is 446 g/mol. The Bertz CT molecular complexity index is 1480. The molecule has 0 atom stereocenters. The lowest BCUT2D eigenvalue weighted by molar-refractivity contribution is 0.0943. The SMILES string of the molecule is Cn1ccc(-c2nc(N)c(C(=O)NCc3nnco3)nc2-c2cc(Cl)c3ncccc3c2)n1. The van der Waals surface area contributed by atoms with Gasteiger partial charge in [-0.15, -0.1) is 10.2 Å². The van der Waals surface area contributed by atoms with Crippen molar-refractivity contribution in [3.8, 4) is 22.6 Å². The molecule has 12 heteroatoms. The third-order valence-corrected chi connectivity index (χ3v) is 5.12. The van der Waals surface area contributed by atoms with Gasteiger partial charge in [-0.05, 0) is 24.3 Å². The number of hydrogen-bond donors (Lipinski definition) is 2. The lowest BCUT2D eigenvalue weighted by Crippen LogP contribution is -2.26. The van der Waals surface area contributed by atoms with Gasteiger partial charge < -0.3 is 15.5 Å². The number of hydrogen-bond acceptors (Lipinski definition) is 9. The van der Waals surface area contributed by atoms with Crippen LogP contribution in [-0.4, -0.2) is 40.8 Å². The normalized spacial score (nSPS) is 11.1. The molecule has 3 N–H and O–H groups in total. The molecule has 0 saturated heterocycles. The molecule has 5 rings (SSSR count). The van der Waals surface area contributed by atoms with E-state index in [-0.39, 0.29) is 23.9 Å². The molecule has 0 bridgehead atoms. The lowest BCUT2D eigenvalue weighted by Gasteiger charge is -2.12. The number of anilines is 1. The van der Waals surface area contributed by atoms with Gasteiger partial charge >= 0.3 is 0 Å². The molecule has 4 aromatic heterocycles. The molecule has 4 heterocycles. The van der Waals surface area contributed by atoms with Gasteiger partial charge in [0.05, 0.1) is 22.8 Å². The highest BCUT2D eigenvalue weighted by atomic mass is 35.5. The second kappa shape index (κ2) is 8.28. The Kier molecular flexibility index (Phi) is 5.15. The summed E-state index contributed by atoms with van der Waals surface area (Å²) in [6.45, 7) is 0.0186. The molecular formula is C21H16ClN9O2. The van der Waals surface area contributed by atoms with Gasteiger partial charge in [0.15, 0.2) is 11.5 Å². The third-order valence-electron chi connectivity index (χ3n) is 4.83. The third kappa shape index (κ3) is 3.96. The zero-order valence-corrected chi connectivity index (χ0v) is 18.0. The van der Waals surface area contributed by atoms with E-state index in [1.54, 1.807) is 36.3 Å². The number of carbonyl (C=O) groups excluding carboxylic acids is 1. The number of nitrogens with two attached hydrogens (primary N) is 1. The summed E-state index contributed by atoms with van der Waals surface area (Å²) in [5.41, 5.74) is 8.74. The molecule has 11 nitrogen and oxygen atoms in total. The highest BCUT2D eigenvalue weighted by Crippen LogP contribution is 2.34. The molecule has 1 aromatic carbocycles. The van der Waals surface area contributed by atoms with Crippen LogP contribution in [0.15, 0.2) is 53.5 Å². The lowest BCUT2D eigenvalue weighted by atomic mass is 10.0. The number of amides is 1. The quantitative estimate of drug-likeness (QED) is 0.402. The van der Waals surface area contributed by atoms with Crippen LogP contribution in [0.25, 0.3) is 33.5 Å². The first-order valence-corrected chi connectivity index (χ1v) is 10.1. The number of pyridine rings is 1. The van der Waals surface area contributed by atoms with Crippen LogP contribution in [0.1, 0.15) is 16.4 Å². The number of aromatic nitrogens is 7. The van der Waals surface area contributed by atoms with Gasteiger partial charge in [-0.2, -0.15) is 5.10 Å². The molecule has 0 spiro atoms. The predicted molar refractivity (Wildman–Crippen MR) is 120 cm³/mol. The molecule has 0 fully saturated rings. The number of fused-ring (bicyclic) bond motifs is 1. The van der Waals surface area contributed by atoms with Crippen molar-refractivity contribution in [2.75, 3.05) is 5.73 Å². The maximum atomic E-state index is 12.8. The van der Waals surface area contributed by atoms with Crippen LogP contribution in [-0.2, 0) is 13.6 Å². The van der Waals surface area contributed by atoms with E-state index in [0.29, 0.717) is 33.2 Å². The van der Waals surface area contributed by atoms with Crippen LogP contribution in [0, 0.1) is 0 Å². The van der Waals surface area contributed by atoms with Gasteiger partial charge in [0, 0.05) is 30.4 Å². The summed E-state index contributed by atoms with van der Waals surface area (Å²) >= 11 is 6.50. The van der Waals surface area contributed by atoms with Gasteiger partial charge in [0.25, 0.3) is 5.91 Å². The van der Waals surface area contributed by atoms with Gasteiger partial charge in [-0.1, -0.05) is 17.7 Å². The minimum absolute atomic E-state index is 0.0186. The Labute approximate surface area is 191 Å². The molecule has 1 amide bonds. The maximum Gasteiger partial charge on any atom is 0.274 e. The standard InChI is InChI=1S/C21H16ClN9O2/c1-31-6-4-14(30-31)18-17(12-7-11-3-2-5-24-16(11)13(22)8-12)27-19(20(23)28-18)21(32)25-9-15-29-26-10-33-15/h2-8,10H,9H2,1H3,(H2,23,28)(H,25,32). The van der Waals surface area contributed by atoms with Crippen molar-refractivity contribution in [1.82, 2.24) is 40.2 Å².